The van der Waals surface area contributed by atoms with Crippen LogP contribution in [0.1, 0.15) is 28.5 Å². The molecule has 0 aliphatic rings. The van der Waals surface area contributed by atoms with Gasteiger partial charge in [0.1, 0.15) is 11.6 Å². The number of anilines is 2. The number of benzene rings is 1. The highest BCUT2D eigenvalue weighted by molar-refractivity contribution is 6.05. The summed E-state index contributed by atoms with van der Waals surface area (Å²) < 4.78 is 13.8. The van der Waals surface area contributed by atoms with Gasteiger partial charge in [0.25, 0.3) is 5.91 Å². The lowest BCUT2D eigenvalue weighted by Gasteiger charge is -2.11. The topological polar surface area (TPSA) is 54.0 Å². The molecule has 0 saturated carbocycles. The normalized spacial score (nSPS) is 10.3. The van der Waals surface area contributed by atoms with Crippen LogP contribution in [-0.4, -0.2) is 17.9 Å². The standard InChI is InChI=1S/C16H18FN3O/c1-4-12-8-11(9-14(18-3)19-12)16(21)20-15-10(2)6-5-7-13(15)17/h5-9H,4H2,1-3H3,(H,18,19)(H,20,21). The van der Waals surface area contributed by atoms with Gasteiger partial charge in [0.2, 0.25) is 0 Å². The van der Waals surface area contributed by atoms with Crippen LogP contribution in [0, 0.1) is 12.7 Å². The Labute approximate surface area is 123 Å². The molecule has 110 valence electrons. The number of aromatic nitrogens is 1. The van der Waals surface area contributed by atoms with E-state index in [2.05, 4.69) is 15.6 Å². The average molecular weight is 287 g/mol. The van der Waals surface area contributed by atoms with Crippen LogP contribution in [0.15, 0.2) is 30.3 Å². The summed E-state index contributed by atoms with van der Waals surface area (Å²) in [6.45, 7) is 3.71. The highest BCUT2D eigenvalue weighted by atomic mass is 19.1. The predicted octanol–water partition coefficient (Wildman–Crippen LogP) is 3.39. The Hall–Kier alpha value is -2.43. The van der Waals surface area contributed by atoms with Gasteiger partial charge in [-0.2, -0.15) is 0 Å². The van der Waals surface area contributed by atoms with Crippen molar-refractivity contribution in [3.63, 3.8) is 0 Å². The molecule has 0 saturated heterocycles. The molecule has 0 aliphatic heterocycles. The number of halogens is 1. The summed E-state index contributed by atoms with van der Waals surface area (Å²) >= 11 is 0. The largest absolute Gasteiger partial charge is 0.373 e. The Morgan fingerprint density at radius 1 is 1.33 bits per heavy atom. The van der Waals surface area contributed by atoms with Crippen LogP contribution < -0.4 is 10.6 Å². The fraction of sp³-hybridized carbons (Fsp3) is 0.250. The second-order valence-corrected chi connectivity index (χ2v) is 4.72. The summed E-state index contributed by atoms with van der Waals surface area (Å²) in [7, 11) is 1.74. The van der Waals surface area contributed by atoms with Gasteiger partial charge in [0.15, 0.2) is 0 Å². The number of nitrogens with one attached hydrogen (secondary N) is 2. The highest BCUT2D eigenvalue weighted by Crippen LogP contribution is 2.20. The maximum absolute atomic E-state index is 13.8. The van der Waals surface area contributed by atoms with Crippen molar-refractivity contribution in [3.8, 4) is 0 Å². The number of hydrogen-bond acceptors (Lipinski definition) is 3. The minimum absolute atomic E-state index is 0.211. The zero-order valence-electron chi connectivity index (χ0n) is 12.3. The van der Waals surface area contributed by atoms with E-state index in [0.29, 0.717) is 23.4 Å². The lowest BCUT2D eigenvalue weighted by molar-refractivity contribution is 0.102. The van der Waals surface area contributed by atoms with E-state index >= 15 is 0 Å². The van der Waals surface area contributed by atoms with Crippen LogP contribution >= 0.6 is 0 Å². The quantitative estimate of drug-likeness (QED) is 0.906. The third kappa shape index (κ3) is 3.37. The third-order valence-corrected chi connectivity index (χ3v) is 3.22. The van der Waals surface area contributed by atoms with Crippen molar-refractivity contribution in [2.24, 2.45) is 0 Å². The lowest BCUT2D eigenvalue weighted by Crippen LogP contribution is -2.15. The zero-order valence-corrected chi connectivity index (χ0v) is 12.3. The molecule has 2 aromatic rings. The van der Waals surface area contributed by atoms with Gasteiger partial charge in [-0.15, -0.1) is 0 Å². The number of hydrogen-bond donors (Lipinski definition) is 2. The van der Waals surface area contributed by atoms with Gasteiger partial charge in [-0.3, -0.25) is 4.79 Å². The molecule has 0 fully saturated rings. The summed E-state index contributed by atoms with van der Waals surface area (Å²) in [6, 6.07) is 8.05. The van der Waals surface area contributed by atoms with E-state index in [-0.39, 0.29) is 11.6 Å². The van der Waals surface area contributed by atoms with Crippen LogP contribution in [0.5, 0.6) is 0 Å². The summed E-state index contributed by atoms with van der Waals surface area (Å²) in [5, 5.41) is 5.55. The second kappa shape index (κ2) is 6.35. The van der Waals surface area contributed by atoms with Gasteiger partial charge >= 0.3 is 0 Å². The molecular weight excluding hydrogens is 269 g/mol. The Bertz CT molecular complexity index is 628. The number of pyridine rings is 1. The SMILES string of the molecule is CCc1cc(C(=O)Nc2c(C)cccc2F)cc(NC)n1. The van der Waals surface area contributed by atoms with Gasteiger partial charge < -0.3 is 10.6 Å². The fourth-order valence-corrected chi connectivity index (χ4v) is 2.00. The Balaban J connectivity index is 2.32. The fourth-order valence-electron chi connectivity index (χ4n) is 2.00. The summed E-state index contributed by atoms with van der Waals surface area (Å²) in [4.78, 5) is 16.7. The Morgan fingerprint density at radius 2 is 2.10 bits per heavy atom. The molecule has 1 amide bonds. The Morgan fingerprint density at radius 3 is 2.71 bits per heavy atom. The predicted molar refractivity (Wildman–Crippen MR) is 82.3 cm³/mol. The molecular formula is C16H18FN3O. The number of aryl methyl sites for hydroxylation is 2. The smallest absolute Gasteiger partial charge is 0.255 e. The number of amides is 1. The van der Waals surface area contributed by atoms with Crippen molar-refractivity contribution >= 4 is 17.4 Å². The number of nitrogens with zero attached hydrogens (tertiary/aromatic N) is 1. The van der Waals surface area contributed by atoms with Crippen LogP contribution in [0.3, 0.4) is 0 Å². The number of para-hydroxylation sites is 1. The molecule has 0 radical (unpaired) electrons. The van der Waals surface area contributed by atoms with Crippen LogP contribution in [0.4, 0.5) is 15.9 Å². The molecule has 0 atom stereocenters. The second-order valence-electron chi connectivity index (χ2n) is 4.72. The van der Waals surface area contributed by atoms with Gasteiger partial charge in [0.05, 0.1) is 5.69 Å². The first-order valence-electron chi connectivity index (χ1n) is 6.80. The van der Waals surface area contributed by atoms with Crippen molar-refractivity contribution in [3.05, 3.63) is 53.0 Å². The Kier molecular flexibility index (Phi) is 4.52. The van der Waals surface area contributed by atoms with Crippen LogP contribution in [0.2, 0.25) is 0 Å². The summed E-state index contributed by atoms with van der Waals surface area (Å²) in [5.41, 5.74) is 2.15. The maximum Gasteiger partial charge on any atom is 0.255 e. The first kappa shape index (κ1) is 15.0. The monoisotopic (exact) mass is 287 g/mol. The molecule has 5 heteroatoms. The third-order valence-electron chi connectivity index (χ3n) is 3.22. The van der Waals surface area contributed by atoms with E-state index < -0.39 is 5.82 Å². The molecule has 0 unspecified atom stereocenters. The molecule has 21 heavy (non-hydrogen) atoms. The van der Waals surface area contributed by atoms with E-state index in [9.17, 15) is 9.18 Å². The van der Waals surface area contributed by atoms with E-state index in [0.717, 1.165) is 5.69 Å². The molecule has 1 aromatic heterocycles. The number of rotatable bonds is 4. The minimum atomic E-state index is -0.443. The average Bonchev–Trinajstić information content (AvgIpc) is 2.50. The lowest BCUT2D eigenvalue weighted by atomic mass is 10.1. The van der Waals surface area contributed by atoms with E-state index in [1.54, 1.807) is 38.2 Å². The molecule has 0 spiro atoms. The maximum atomic E-state index is 13.8. The molecule has 1 heterocycles. The zero-order chi connectivity index (χ0) is 15.4. The summed E-state index contributed by atoms with van der Waals surface area (Å²) in [6.07, 6.45) is 0.717. The van der Waals surface area contributed by atoms with Crippen LogP contribution in [-0.2, 0) is 6.42 Å². The molecule has 4 nitrogen and oxygen atoms in total. The van der Waals surface area contributed by atoms with Gasteiger partial charge in [-0.05, 0) is 37.1 Å². The van der Waals surface area contributed by atoms with Gasteiger partial charge in [0, 0.05) is 18.3 Å². The molecule has 2 N–H and O–H groups in total. The molecule has 2 rings (SSSR count). The molecule has 0 bridgehead atoms. The number of carbonyl (C=O) groups excluding carboxylic acids is 1. The van der Waals surface area contributed by atoms with Crippen molar-refractivity contribution in [1.82, 2.24) is 4.98 Å². The molecule has 0 aliphatic carbocycles. The van der Waals surface area contributed by atoms with E-state index in [1.807, 2.05) is 6.92 Å². The number of carbonyl (C=O) groups is 1. The van der Waals surface area contributed by atoms with Crippen molar-refractivity contribution in [2.45, 2.75) is 20.3 Å². The first-order chi connectivity index (χ1) is 10.0. The van der Waals surface area contributed by atoms with Crippen molar-refractivity contribution in [2.75, 3.05) is 17.7 Å². The molecule has 1 aromatic carbocycles. The van der Waals surface area contributed by atoms with E-state index in [4.69, 9.17) is 0 Å². The highest BCUT2D eigenvalue weighted by Gasteiger charge is 2.13. The van der Waals surface area contributed by atoms with Crippen LogP contribution in [0.25, 0.3) is 0 Å². The van der Waals surface area contributed by atoms with Gasteiger partial charge in [-0.25, -0.2) is 9.37 Å². The minimum Gasteiger partial charge on any atom is -0.373 e. The first-order valence-corrected chi connectivity index (χ1v) is 6.80. The van der Waals surface area contributed by atoms with Gasteiger partial charge in [-0.1, -0.05) is 19.1 Å². The summed E-state index contributed by atoms with van der Waals surface area (Å²) in [5.74, 6) is -0.177. The van der Waals surface area contributed by atoms with Crippen molar-refractivity contribution < 1.29 is 9.18 Å². The van der Waals surface area contributed by atoms with E-state index in [1.165, 1.54) is 6.07 Å². The van der Waals surface area contributed by atoms with Crippen molar-refractivity contribution in [1.29, 1.82) is 0 Å².